The number of anilines is 1. The van der Waals surface area contributed by atoms with E-state index in [-0.39, 0.29) is 23.7 Å². The molecule has 2 unspecified atom stereocenters. The van der Waals surface area contributed by atoms with Crippen LogP contribution in [0.2, 0.25) is 0 Å². The average molecular weight is 268 g/mol. The van der Waals surface area contributed by atoms with Crippen molar-refractivity contribution in [3.05, 3.63) is 29.8 Å². The fourth-order valence-electron chi connectivity index (χ4n) is 3.27. The Kier molecular flexibility index (Phi) is 3.27. The first kappa shape index (κ1) is 12.9. The van der Waals surface area contributed by atoms with Crippen LogP contribution in [0, 0.1) is 23.2 Å². The van der Waals surface area contributed by atoms with Gasteiger partial charge in [0.05, 0.1) is 30.0 Å². The molecule has 0 N–H and O–H groups in total. The molecule has 1 saturated heterocycles. The second-order valence-electron chi connectivity index (χ2n) is 5.51. The molecule has 2 atom stereocenters. The van der Waals surface area contributed by atoms with E-state index in [1.165, 1.54) is 4.90 Å². The van der Waals surface area contributed by atoms with E-state index in [2.05, 4.69) is 6.07 Å². The van der Waals surface area contributed by atoms with Gasteiger partial charge in [0.15, 0.2) is 0 Å². The number of hydrogen-bond acceptors (Lipinski definition) is 3. The monoisotopic (exact) mass is 268 g/mol. The molecule has 1 aliphatic carbocycles. The third-order valence-electron chi connectivity index (χ3n) is 4.32. The topological polar surface area (TPSA) is 61.2 Å². The zero-order valence-corrected chi connectivity index (χ0v) is 11.2. The molecule has 4 nitrogen and oxygen atoms in total. The Labute approximate surface area is 118 Å². The van der Waals surface area contributed by atoms with Gasteiger partial charge in [-0.1, -0.05) is 25.0 Å². The molecule has 102 valence electrons. The van der Waals surface area contributed by atoms with Gasteiger partial charge < -0.3 is 0 Å². The molecule has 0 aromatic heterocycles. The molecule has 0 radical (unpaired) electrons. The van der Waals surface area contributed by atoms with Crippen LogP contribution >= 0.6 is 0 Å². The highest BCUT2D eigenvalue weighted by atomic mass is 16.2. The number of imide groups is 1. The molecule has 4 heteroatoms. The van der Waals surface area contributed by atoms with Gasteiger partial charge in [0.1, 0.15) is 0 Å². The van der Waals surface area contributed by atoms with Crippen molar-refractivity contribution in [1.29, 1.82) is 5.26 Å². The minimum atomic E-state index is -0.116. The molecular formula is C16H16N2O2. The lowest BCUT2D eigenvalue weighted by Crippen LogP contribution is -2.30. The highest BCUT2D eigenvalue weighted by Crippen LogP contribution is 2.39. The van der Waals surface area contributed by atoms with Crippen molar-refractivity contribution in [1.82, 2.24) is 0 Å². The Morgan fingerprint density at radius 2 is 1.60 bits per heavy atom. The predicted octanol–water partition coefficient (Wildman–Crippen LogP) is 2.43. The predicted molar refractivity (Wildman–Crippen MR) is 73.7 cm³/mol. The number of amides is 2. The number of nitrogens with zero attached hydrogens (tertiary/aromatic N) is 2. The van der Waals surface area contributed by atoms with Crippen LogP contribution in [0.4, 0.5) is 5.69 Å². The minimum absolute atomic E-state index is 0.0484. The smallest absolute Gasteiger partial charge is 0.237 e. The molecule has 20 heavy (non-hydrogen) atoms. The van der Waals surface area contributed by atoms with Crippen molar-refractivity contribution >= 4 is 17.5 Å². The molecule has 0 spiro atoms. The normalized spacial score (nSPS) is 25.4. The van der Waals surface area contributed by atoms with Gasteiger partial charge in [-0.15, -0.1) is 0 Å². The molecule has 2 fully saturated rings. The summed E-state index contributed by atoms with van der Waals surface area (Å²) in [5.74, 6) is -0.328. The van der Waals surface area contributed by atoms with Crippen LogP contribution in [-0.2, 0) is 16.0 Å². The largest absolute Gasteiger partial charge is 0.274 e. The van der Waals surface area contributed by atoms with Crippen molar-refractivity contribution in [3.8, 4) is 6.07 Å². The summed E-state index contributed by atoms with van der Waals surface area (Å²) < 4.78 is 0. The standard InChI is InChI=1S/C16H16N2O2/c17-10-9-11-5-7-12(8-6-11)18-15(19)13-3-1-2-4-14(13)16(18)20/h5-8,13-14H,1-4,9H2. The van der Waals surface area contributed by atoms with Gasteiger partial charge in [0, 0.05) is 0 Å². The molecule has 1 aliphatic heterocycles. The molecule has 2 amide bonds. The van der Waals surface area contributed by atoms with E-state index in [9.17, 15) is 9.59 Å². The highest BCUT2D eigenvalue weighted by Gasteiger charge is 2.48. The first-order chi connectivity index (χ1) is 9.72. The summed E-state index contributed by atoms with van der Waals surface area (Å²) in [4.78, 5) is 26.2. The van der Waals surface area contributed by atoms with Crippen LogP contribution in [0.1, 0.15) is 31.2 Å². The number of rotatable bonds is 2. The summed E-state index contributed by atoms with van der Waals surface area (Å²) in [6, 6.07) is 9.22. The van der Waals surface area contributed by atoms with Gasteiger partial charge in [-0.3, -0.25) is 14.5 Å². The molecule has 1 aromatic rings. The summed E-state index contributed by atoms with van der Waals surface area (Å²) >= 11 is 0. The maximum Gasteiger partial charge on any atom is 0.237 e. The van der Waals surface area contributed by atoms with Crippen molar-refractivity contribution in [2.45, 2.75) is 32.1 Å². The van der Waals surface area contributed by atoms with Crippen LogP contribution in [0.3, 0.4) is 0 Å². The maximum absolute atomic E-state index is 12.4. The van der Waals surface area contributed by atoms with E-state index in [4.69, 9.17) is 5.26 Å². The van der Waals surface area contributed by atoms with E-state index in [1.807, 2.05) is 0 Å². The average Bonchev–Trinajstić information content (AvgIpc) is 2.73. The number of hydrogen-bond donors (Lipinski definition) is 0. The van der Waals surface area contributed by atoms with Crippen LogP contribution in [-0.4, -0.2) is 11.8 Å². The van der Waals surface area contributed by atoms with E-state index in [1.54, 1.807) is 24.3 Å². The second kappa shape index (κ2) is 5.09. The molecule has 1 aromatic carbocycles. The number of benzene rings is 1. The fourth-order valence-corrected chi connectivity index (χ4v) is 3.27. The van der Waals surface area contributed by atoms with E-state index in [0.717, 1.165) is 31.2 Å². The van der Waals surface area contributed by atoms with Crippen LogP contribution in [0.5, 0.6) is 0 Å². The Balaban J connectivity index is 1.88. The molecule has 3 rings (SSSR count). The Bertz CT molecular complexity index is 561. The maximum atomic E-state index is 12.4. The molecule has 2 aliphatic rings. The SMILES string of the molecule is N#CCc1ccc(N2C(=O)C3CCCCC3C2=O)cc1. The van der Waals surface area contributed by atoms with Gasteiger partial charge in [0.25, 0.3) is 0 Å². The minimum Gasteiger partial charge on any atom is -0.274 e. The van der Waals surface area contributed by atoms with Crippen LogP contribution < -0.4 is 4.90 Å². The molecule has 1 heterocycles. The van der Waals surface area contributed by atoms with Gasteiger partial charge in [-0.25, -0.2) is 0 Å². The zero-order valence-electron chi connectivity index (χ0n) is 11.2. The Hall–Kier alpha value is -2.15. The summed E-state index contributed by atoms with van der Waals surface area (Å²) in [5.41, 5.74) is 1.53. The van der Waals surface area contributed by atoms with Crippen molar-refractivity contribution in [3.63, 3.8) is 0 Å². The number of carbonyl (C=O) groups excluding carboxylic acids is 2. The van der Waals surface area contributed by atoms with E-state index in [0.29, 0.717) is 12.1 Å². The van der Waals surface area contributed by atoms with Crippen LogP contribution in [0.25, 0.3) is 0 Å². The number of carbonyl (C=O) groups is 2. The van der Waals surface area contributed by atoms with Gasteiger partial charge in [0.2, 0.25) is 11.8 Å². The quantitative estimate of drug-likeness (QED) is 0.774. The van der Waals surface area contributed by atoms with E-state index >= 15 is 0 Å². The second-order valence-corrected chi connectivity index (χ2v) is 5.51. The Morgan fingerprint density at radius 3 is 2.10 bits per heavy atom. The van der Waals surface area contributed by atoms with Crippen molar-refractivity contribution in [2.75, 3.05) is 4.90 Å². The zero-order chi connectivity index (χ0) is 14.1. The Morgan fingerprint density at radius 1 is 1.05 bits per heavy atom. The highest BCUT2D eigenvalue weighted by molar-refractivity contribution is 6.22. The molecule has 1 saturated carbocycles. The first-order valence-electron chi connectivity index (χ1n) is 7.06. The summed E-state index contributed by atoms with van der Waals surface area (Å²) in [6.45, 7) is 0. The lowest BCUT2D eigenvalue weighted by atomic mass is 9.81. The number of nitriles is 1. The lowest BCUT2D eigenvalue weighted by Gasteiger charge is -2.19. The molecular weight excluding hydrogens is 252 g/mol. The van der Waals surface area contributed by atoms with Crippen molar-refractivity contribution < 1.29 is 9.59 Å². The fraction of sp³-hybridized carbons (Fsp3) is 0.438. The molecule has 0 bridgehead atoms. The van der Waals surface area contributed by atoms with Crippen molar-refractivity contribution in [2.24, 2.45) is 11.8 Å². The summed E-state index contributed by atoms with van der Waals surface area (Å²) in [6.07, 6.45) is 4.08. The van der Waals surface area contributed by atoms with Gasteiger partial charge in [-0.05, 0) is 30.5 Å². The van der Waals surface area contributed by atoms with Gasteiger partial charge in [-0.2, -0.15) is 5.26 Å². The van der Waals surface area contributed by atoms with Crippen LogP contribution in [0.15, 0.2) is 24.3 Å². The third kappa shape index (κ3) is 2.00. The summed E-state index contributed by atoms with van der Waals surface area (Å²) in [7, 11) is 0. The third-order valence-corrected chi connectivity index (χ3v) is 4.32. The summed E-state index contributed by atoms with van der Waals surface area (Å²) in [5, 5.41) is 8.66. The van der Waals surface area contributed by atoms with Gasteiger partial charge >= 0.3 is 0 Å². The first-order valence-corrected chi connectivity index (χ1v) is 7.06. The lowest BCUT2D eigenvalue weighted by molar-refractivity contribution is -0.122. The number of fused-ring (bicyclic) bond motifs is 1. The van der Waals surface area contributed by atoms with E-state index < -0.39 is 0 Å².